The monoisotopic (exact) mass is 330 g/mol. The number of nitrogens with two attached hydrogens (primary N) is 1. The molecule has 0 spiro atoms. The molecule has 0 aliphatic carbocycles. The molecule has 1 aromatic heterocycles. The first-order valence-corrected chi connectivity index (χ1v) is 8.36. The molecule has 23 heavy (non-hydrogen) atoms. The van der Waals surface area contributed by atoms with Crippen LogP contribution in [0.2, 0.25) is 0 Å². The second-order valence-electron chi connectivity index (χ2n) is 5.40. The van der Waals surface area contributed by atoms with Gasteiger partial charge in [-0.3, -0.25) is 9.59 Å². The Morgan fingerprint density at radius 1 is 1.35 bits per heavy atom. The lowest BCUT2D eigenvalue weighted by molar-refractivity contribution is -0.128. The third-order valence-electron chi connectivity index (χ3n) is 3.72. The van der Waals surface area contributed by atoms with Gasteiger partial charge in [-0.15, -0.1) is 11.3 Å². The molecular formula is C16H18N4O2S. The summed E-state index contributed by atoms with van der Waals surface area (Å²) in [6.07, 6.45) is 1.58. The van der Waals surface area contributed by atoms with Gasteiger partial charge in [0.15, 0.2) is 0 Å². The molecule has 0 radical (unpaired) electrons. The fraction of sp³-hybridized carbons (Fsp3) is 0.312. The number of nitrogens with zero attached hydrogens (tertiary/aromatic N) is 2. The van der Waals surface area contributed by atoms with Crippen molar-refractivity contribution in [3.8, 4) is 0 Å². The minimum Gasteiger partial charge on any atom is -0.338 e. The predicted molar refractivity (Wildman–Crippen MR) is 89.1 cm³/mol. The van der Waals surface area contributed by atoms with Gasteiger partial charge in [0.25, 0.3) is 5.91 Å². The number of carbonyl (C=O) groups is 2. The molecule has 7 heteroatoms. The van der Waals surface area contributed by atoms with Crippen molar-refractivity contribution in [2.75, 3.05) is 11.9 Å². The van der Waals surface area contributed by atoms with Gasteiger partial charge in [-0.05, 0) is 24.1 Å². The maximum Gasteiger partial charge on any atom is 0.275 e. The summed E-state index contributed by atoms with van der Waals surface area (Å²) in [6, 6.07) is 7.52. The summed E-state index contributed by atoms with van der Waals surface area (Å²) in [5.74, 6) is -0.0370. The lowest BCUT2D eigenvalue weighted by Crippen LogP contribution is -2.23. The highest BCUT2D eigenvalue weighted by Gasteiger charge is 2.19. The van der Waals surface area contributed by atoms with Crippen LogP contribution >= 0.6 is 11.3 Å². The van der Waals surface area contributed by atoms with E-state index in [4.69, 9.17) is 5.73 Å². The standard InChI is InChI=1S/C16H18N4O2S/c17-8-14-19-13(10-23-14)16(22)18-12-5-3-11(4-6-12)9-20-7-1-2-15(20)21/h3-6,10H,1-2,7-9,17H2,(H,18,22). The number of amides is 2. The van der Waals surface area contributed by atoms with Crippen LogP contribution in [0.5, 0.6) is 0 Å². The summed E-state index contributed by atoms with van der Waals surface area (Å²) in [5, 5.41) is 5.25. The van der Waals surface area contributed by atoms with Crippen molar-refractivity contribution >= 4 is 28.8 Å². The van der Waals surface area contributed by atoms with E-state index in [2.05, 4.69) is 10.3 Å². The van der Waals surface area contributed by atoms with E-state index < -0.39 is 0 Å². The Morgan fingerprint density at radius 3 is 2.74 bits per heavy atom. The summed E-state index contributed by atoms with van der Waals surface area (Å²) in [5.41, 5.74) is 7.63. The smallest absolute Gasteiger partial charge is 0.275 e. The van der Waals surface area contributed by atoms with E-state index in [-0.39, 0.29) is 11.8 Å². The van der Waals surface area contributed by atoms with Crippen molar-refractivity contribution < 1.29 is 9.59 Å². The largest absolute Gasteiger partial charge is 0.338 e. The van der Waals surface area contributed by atoms with Gasteiger partial charge in [0.05, 0.1) is 0 Å². The Hall–Kier alpha value is -2.25. The van der Waals surface area contributed by atoms with Crippen molar-refractivity contribution in [2.24, 2.45) is 5.73 Å². The molecule has 2 amide bonds. The summed E-state index contributed by atoms with van der Waals surface area (Å²) in [6.45, 7) is 1.78. The van der Waals surface area contributed by atoms with Gasteiger partial charge in [0, 0.05) is 37.1 Å². The highest BCUT2D eigenvalue weighted by Crippen LogP contribution is 2.17. The van der Waals surface area contributed by atoms with Crippen LogP contribution in [0.3, 0.4) is 0 Å². The van der Waals surface area contributed by atoms with Crippen LogP contribution in [0.4, 0.5) is 5.69 Å². The van der Waals surface area contributed by atoms with Gasteiger partial charge in [0.2, 0.25) is 5.91 Å². The number of nitrogens with one attached hydrogen (secondary N) is 1. The molecule has 1 aromatic carbocycles. The SMILES string of the molecule is NCc1nc(C(=O)Nc2ccc(CN3CCCC3=O)cc2)cs1. The Balaban J connectivity index is 1.60. The zero-order valence-electron chi connectivity index (χ0n) is 12.6. The number of rotatable bonds is 5. The molecule has 0 atom stereocenters. The third kappa shape index (κ3) is 3.75. The number of likely N-dealkylation sites (tertiary alicyclic amines) is 1. The fourth-order valence-electron chi connectivity index (χ4n) is 2.49. The van der Waals surface area contributed by atoms with Crippen LogP contribution in [-0.4, -0.2) is 28.2 Å². The third-order valence-corrected chi connectivity index (χ3v) is 4.59. The second-order valence-corrected chi connectivity index (χ2v) is 6.34. The van der Waals surface area contributed by atoms with E-state index in [1.54, 1.807) is 5.38 Å². The van der Waals surface area contributed by atoms with E-state index in [0.29, 0.717) is 30.9 Å². The summed E-state index contributed by atoms with van der Waals surface area (Å²) in [7, 11) is 0. The van der Waals surface area contributed by atoms with E-state index >= 15 is 0 Å². The average molecular weight is 330 g/mol. The van der Waals surface area contributed by atoms with Crippen molar-refractivity contribution in [1.82, 2.24) is 9.88 Å². The zero-order chi connectivity index (χ0) is 16.2. The van der Waals surface area contributed by atoms with Crippen molar-refractivity contribution in [2.45, 2.75) is 25.9 Å². The van der Waals surface area contributed by atoms with Gasteiger partial charge in [0.1, 0.15) is 10.7 Å². The van der Waals surface area contributed by atoms with Crippen molar-refractivity contribution in [3.63, 3.8) is 0 Å². The zero-order valence-corrected chi connectivity index (χ0v) is 13.4. The topological polar surface area (TPSA) is 88.3 Å². The molecule has 0 unspecified atom stereocenters. The fourth-order valence-corrected chi connectivity index (χ4v) is 3.14. The van der Waals surface area contributed by atoms with Crippen LogP contribution in [-0.2, 0) is 17.9 Å². The maximum absolute atomic E-state index is 12.1. The Kier molecular flexibility index (Phi) is 4.68. The number of benzene rings is 1. The molecule has 0 bridgehead atoms. The molecule has 1 saturated heterocycles. The first-order valence-electron chi connectivity index (χ1n) is 7.48. The summed E-state index contributed by atoms with van der Waals surface area (Å²) >= 11 is 1.37. The van der Waals surface area contributed by atoms with Gasteiger partial charge in [-0.25, -0.2) is 4.98 Å². The maximum atomic E-state index is 12.1. The van der Waals surface area contributed by atoms with Crippen LogP contribution in [0, 0.1) is 0 Å². The number of hydrogen-bond acceptors (Lipinski definition) is 5. The van der Waals surface area contributed by atoms with Gasteiger partial charge in [-0.1, -0.05) is 12.1 Å². The quantitative estimate of drug-likeness (QED) is 0.877. The van der Waals surface area contributed by atoms with Gasteiger partial charge in [-0.2, -0.15) is 0 Å². The van der Waals surface area contributed by atoms with Crippen molar-refractivity contribution in [1.29, 1.82) is 0 Å². The number of anilines is 1. The van der Waals surface area contributed by atoms with Crippen LogP contribution in [0.25, 0.3) is 0 Å². The highest BCUT2D eigenvalue weighted by atomic mass is 32.1. The van der Waals surface area contributed by atoms with Crippen LogP contribution < -0.4 is 11.1 Å². The van der Waals surface area contributed by atoms with Crippen LogP contribution in [0.15, 0.2) is 29.6 Å². The van der Waals surface area contributed by atoms with E-state index in [9.17, 15) is 9.59 Å². The second kappa shape index (κ2) is 6.89. The first kappa shape index (κ1) is 15.6. The average Bonchev–Trinajstić information content (AvgIpc) is 3.19. The minimum absolute atomic E-state index is 0.210. The number of aromatic nitrogens is 1. The van der Waals surface area contributed by atoms with E-state index in [1.165, 1.54) is 11.3 Å². The predicted octanol–water partition coefficient (Wildman–Crippen LogP) is 1.98. The lowest BCUT2D eigenvalue weighted by atomic mass is 10.2. The van der Waals surface area contributed by atoms with Gasteiger partial charge < -0.3 is 16.0 Å². The van der Waals surface area contributed by atoms with Crippen LogP contribution in [0.1, 0.15) is 33.9 Å². The molecule has 1 fully saturated rings. The molecule has 3 N–H and O–H groups in total. The Bertz CT molecular complexity index is 711. The highest BCUT2D eigenvalue weighted by molar-refractivity contribution is 7.09. The Labute approximate surface area is 138 Å². The number of hydrogen-bond donors (Lipinski definition) is 2. The first-order chi connectivity index (χ1) is 11.2. The molecule has 3 rings (SSSR count). The summed E-state index contributed by atoms with van der Waals surface area (Å²) in [4.78, 5) is 29.7. The molecule has 2 aromatic rings. The molecular weight excluding hydrogens is 312 g/mol. The van der Waals surface area contributed by atoms with Crippen molar-refractivity contribution in [3.05, 3.63) is 45.9 Å². The molecule has 120 valence electrons. The lowest BCUT2D eigenvalue weighted by Gasteiger charge is -2.15. The molecule has 6 nitrogen and oxygen atoms in total. The minimum atomic E-state index is -0.247. The summed E-state index contributed by atoms with van der Waals surface area (Å²) < 4.78 is 0. The normalized spacial score (nSPS) is 14.3. The van der Waals surface area contributed by atoms with Gasteiger partial charge >= 0.3 is 0 Å². The van der Waals surface area contributed by atoms with E-state index in [1.807, 2.05) is 29.2 Å². The number of carbonyl (C=O) groups excluding carboxylic acids is 2. The van der Waals surface area contributed by atoms with E-state index in [0.717, 1.165) is 23.5 Å². The Morgan fingerprint density at radius 2 is 2.13 bits per heavy atom. The molecule has 1 aliphatic heterocycles. The number of thiazole rings is 1. The molecule has 0 saturated carbocycles. The molecule has 1 aliphatic rings. The molecule has 2 heterocycles.